The van der Waals surface area contributed by atoms with Crippen molar-refractivity contribution in [1.29, 1.82) is 0 Å². The molecular weight excluding hydrogens is 345 g/mol. The fourth-order valence-electron chi connectivity index (χ4n) is 3.47. The minimum absolute atomic E-state index is 0.0845. The van der Waals surface area contributed by atoms with Gasteiger partial charge < -0.3 is 19.9 Å². The molecule has 0 spiro atoms. The Morgan fingerprint density at radius 3 is 2.67 bits per heavy atom. The zero-order chi connectivity index (χ0) is 19.2. The number of carbonyl (C=O) groups is 1. The van der Waals surface area contributed by atoms with Crippen LogP contribution in [0.1, 0.15) is 13.8 Å². The number of quaternary nitrogens is 1. The van der Waals surface area contributed by atoms with Gasteiger partial charge in [0.25, 0.3) is 5.91 Å². The molecule has 0 unspecified atom stereocenters. The molecular formula is C21H27FN3O2+. The summed E-state index contributed by atoms with van der Waals surface area (Å²) in [6, 6.07) is 13.9. The van der Waals surface area contributed by atoms with E-state index in [1.807, 2.05) is 32.0 Å². The number of nitrogens with zero attached hydrogens (tertiary/aromatic N) is 1. The van der Waals surface area contributed by atoms with E-state index in [4.69, 9.17) is 4.74 Å². The molecule has 1 aliphatic rings. The number of halogens is 1. The maximum atomic E-state index is 13.3. The molecule has 144 valence electrons. The number of para-hydroxylation sites is 2. The van der Waals surface area contributed by atoms with Gasteiger partial charge in [-0.3, -0.25) is 4.79 Å². The minimum atomic E-state index is -0.352. The number of nitrogens with one attached hydrogen (secondary N) is 2. The minimum Gasteiger partial charge on any atom is -0.492 e. The number of hydrogen-bond donors (Lipinski definition) is 2. The van der Waals surface area contributed by atoms with Crippen LogP contribution in [0.3, 0.4) is 0 Å². The van der Waals surface area contributed by atoms with Gasteiger partial charge in [-0.15, -0.1) is 0 Å². The van der Waals surface area contributed by atoms with Gasteiger partial charge in [0.05, 0.1) is 38.5 Å². The van der Waals surface area contributed by atoms with Gasteiger partial charge in [-0.2, -0.15) is 0 Å². The lowest BCUT2D eigenvalue weighted by atomic mass is 10.2. The van der Waals surface area contributed by atoms with Crippen molar-refractivity contribution in [2.24, 2.45) is 0 Å². The average molecular weight is 372 g/mol. The number of hydrogen-bond acceptors (Lipinski definition) is 3. The summed E-state index contributed by atoms with van der Waals surface area (Å²) in [5, 5.41) is 2.82. The standard InChI is InChI=1S/C21H26FN3O2/c1-3-27-20-10-5-4-9-19(20)25-13-11-24(12-14-25)16(2)21(26)23-18-8-6-7-17(22)15-18/h4-10,15-16H,3,11-14H2,1-2H3,(H,23,26)/p+1/t16-/m0/s1. The largest absolute Gasteiger partial charge is 0.492 e. The maximum absolute atomic E-state index is 13.3. The fraction of sp³-hybridized carbons (Fsp3) is 0.381. The Labute approximate surface area is 159 Å². The molecule has 2 aromatic carbocycles. The molecule has 3 rings (SSSR count). The Hall–Kier alpha value is -2.60. The third kappa shape index (κ3) is 4.77. The maximum Gasteiger partial charge on any atom is 0.282 e. The number of benzene rings is 2. The first kappa shape index (κ1) is 19.2. The van der Waals surface area contributed by atoms with E-state index in [9.17, 15) is 9.18 Å². The number of anilines is 2. The molecule has 0 saturated carbocycles. The highest BCUT2D eigenvalue weighted by atomic mass is 19.1. The number of amides is 1. The van der Waals surface area contributed by atoms with Crippen LogP contribution in [-0.4, -0.2) is 44.7 Å². The van der Waals surface area contributed by atoms with Gasteiger partial charge in [0.2, 0.25) is 0 Å². The van der Waals surface area contributed by atoms with Crippen LogP contribution >= 0.6 is 0 Å². The Bertz CT molecular complexity index is 776. The van der Waals surface area contributed by atoms with E-state index < -0.39 is 0 Å². The molecule has 0 radical (unpaired) electrons. The lowest BCUT2D eigenvalue weighted by molar-refractivity contribution is -0.914. The Morgan fingerprint density at radius 2 is 1.96 bits per heavy atom. The summed E-state index contributed by atoms with van der Waals surface area (Å²) >= 11 is 0. The van der Waals surface area contributed by atoms with Crippen LogP contribution in [0.5, 0.6) is 5.75 Å². The molecule has 27 heavy (non-hydrogen) atoms. The molecule has 1 amide bonds. The van der Waals surface area contributed by atoms with E-state index in [1.54, 1.807) is 12.1 Å². The van der Waals surface area contributed by atoms with Crippen molar-refractivity contribution in [2.45, 2.75) is 19.9 Å². The zero-order valence-corrected chi connectivity index (χ0v) is 15.9. The molecule has 2 N–H and O–H groups in total. The third-order valence-electron chi connectivity index (χ3n) is 5.01. The topological polar surface area (TPSA) is 46.0 Å². The third-order valence-corrected chi connectivity index (χ3v) is 5.01. The van der Waals surface area contributed by atoms with Crippen molar-refractivity contribution in [3.63, 3.8) is 0 Å². The Morgan fingerprint density at radius 1 is 1.22 bits per heavy atom. The molecule has 1 aliphatic heterocycles. The molecule has 2 aromatic rings. The summed E-state index contributed by atoms with van der Waals surface area (Å²) in [7, 11) is 0. The Kier molecular flexibility index (Phi) is 6.29. The van der Waals surface area contributed by atoms with Gasteiger partial charge in [0.1, 0.15) is 11.6 Å². The van der Waals surface area contributed by atoms with E-state index in [-0.39, 0.29) is 17.8 Å². The highest BCUT2D eigenvalue weighted by Gasteiger charge is 2.30. The molecule has 0 bridgehead atoms. The smallest absolute Gasteiger partial charge is 0.282 e. The van der Waals surface area contributed by atoms with Gasteiger partial charge >= 0.3 is 0 Å². The second-order valence-corrected chi connectivity index (χ2v) is 6.77. The molecule has 1 atom stereocenters. The predicted octanol–water partition coefficient (Wildman–Crippen LogP) is 1.96. The quantitative estimate of drug-likeness (QED) is 0.815. The molecule has 1 heterocycles. The van der Waals surface area contributed by atoms with Gasteiger partial charge in [-0.05, 0) is 44.2 Å². The van der Waals surface area contributed by atoms with Crippen LogP contribution < -0.4 is 19.9 Å². The lowest BCUT2D eigenvalue weighted by Gasteiger charge is -2.36. The zero-order valence-electron chi connectivity index (χ0n) is 15.9. The number of ether oxygens (including phenoxy) is 1. The van der Waals surface area contributed by atoms with Gasteiger partial charge in [-0.1, -0.05) is 18.2 Å². The first-order valence-electron chi connectivity index (χ1n) is 9.46. The van der Waals surface area contributed by atoms with Crippen LogP contribution in [0, 0.1) is 5.82 Å². The van der Waals surface area contributed by atoms with Crippen molar-refractivity contribution in [1.82, 2.24) is 0 Å². The van der Waals surface area contributed by atoms with Crippen LogP contribution in [0.4, 0.5) is 15.8 Å². The second kappa shape index (κ2) is 8.86. The monoisotopic (exact) mass is 372 g/mol. The molecule has 1 fully saturated rings. The van der Waals surface area contributed by atoms with Crippen molar-refractivity contribution in [3.05, 3.63) is 54.3 Å². The number of piperazine rings is 1. The summed E-state index contributed by atoms with van der Waals surface area (Å²) in [5.74, 6) is 0.466. The van der Waals surface area contributed by atoms with E-state index in [1.165, 1.54) is 17.0 Å². The first-order chi connectivity index (χ1) is 13.1. The van der Waals surface area contributed by atoms with E-state index in [0.29, 0.717) is 12.3 Å². The van der Waals surface area contributed by atoms with Crippen LogP contribution in [-0.2, 0) is 4.79 Å². The summed E-state index contributed by atoms with van der Waals surface area (Å²) in [4.78, 5) is 16.1. The molecule has 1 saturated heterocycles. The second-order valence-electron chi connectivity index (χ2n) is 6.77. The number of rotatable bonds is 6. The van der Waals surface area contributed by atoms with Gasteiger partial charge in [0.15, 0.2) is 6.04 Å². The van der Waals surface area contributed by atoms with Crippen LogP contribution in [0.2, 0.25) is 0 Å². The van der Waals surface area contributed by atoms with Crippen molar-refractivity contribution in [2.75, 3.05) is 43.0 Å². The molecule has 5 nitrogen and oxygen atoms in total. The predicted molar refractivity (Wildman–Crippen MR) is 105 cm³/mol. The average Bonchev–Trinajstić information content (AvgIpc) is 2.68. The summed E-state index contributed by atoms with van der Waals surface area (Å²) in [6.45, 7) is 7.98. The highest BCUT2D eigenvalue weighted by molar-refractivity contribution is 5.93. The lowest BCUT2D eigenvalue weighted by Crippen LogP contribution is -3.19. The molecule has 6 heteroatoms. The molecule has 0 aromatic heterocycles. The van der Waals surface area contributed by atoms with Gasteiger partial charge in [0, 0.05) is 5.69 Å². The normalized spacial score (nSPS) is 16.0. The van der Waals surface area contributed by atoms with Crippen LogP contribution in [0.15, 0.2) is 48.5 Å². The Balaban J connectivity index is 1.58. The highest BCUT2D eigenvalue weighted by Crippen LogP contribution is 2.27. The van der Waals surface area contributed by atoms with E-state index in [2.05, 4.69) is 16.3 Å². The van der Waals surface area contributed by atoms with Crippen molar-refractivity contribution in [3.8, 4) is 5.75 Å². The van der Waals surface area contributed by atoms with Crippen LogP contribution in [0.25, 0.3) is 0 Å². The van der Waals surface area contributed by atoms with E-state index in [0.717, 1.165) is 37.6 Å². The molecule has 0 aliphatic carbocycles. The van der Waals surface area contributed by atoms with E-state index >= 15 is 0 Å². The van der Waals surface area contributed by atoms with Crippen molar-refractivity contribution < 1.29 is 18.8 Å². The SMILES string of the molecule is CCOc1ccccc1N1CC[NH+]([C@@H](C)C(=O)Nc2cccc(F)c2)CC1. The number of carbonyl (C=O) groups excluding carboxylic acids is 1. The first-order valence-corrected chi connectivity index (χ1v) is 9.46. The van der Waals surface area contributed by atoms with Crippen molar-refractivity contribution >= 4 is 17.3 Å². The summed E-state index contributed by atoms with van der Waals surface area (Å²) < 4.78 is 19.0. The van der Waals surface area contributed by atoms with Gasteiger partial charge in [-0.25, -0.2) is 4.39 Å². The summed E-state index contributed by atoms with van der Waals surface area (Å²) in [5.41, 5.74) is 1.60. The summed E-state index contributed by atoms with van der Waals surface area (Å²) in [6.07, 6.45) is 0. The fourth-order valence-corrected chi connectivity index (χ4v) is 3.47.